The largest absolute Gasteiger partial charge is 0.349 e. The van der Waals surface area contributed by atoms with Crippen molar-refractivity contribution >= 4 is 28.9 Å². The Kier molecular flexibility index (Phi) is 5.07. The van der Waals surface area contributed by atoms with Gasteiger partial charge in [-0.25, -0.2) is 5.01 Å². The number of nitrogens with zero attached hydrogens (tertiary/aromatic N) is 3. The Morgan fingerprint density at radius 2 is 2.17 bits per heavy atom. The van der Waals surface area contributed by atoms with E-state index in [9.17, 15) is 9.59 Å². The SMILES string of the molecule is CN1N=C(C(=O)NCC(c2cccs2)N2CCCC2)CCC1=O. The van der Waals surface area contributed by atoms with Crippen molar-refractivity contribution in [3.8, 4) is 0 Å². The highest BCUT2D eigenvalue weighted by atomic mass is 32.1. The molecular formula is C16H22N4O2S. The third-order valence-corrected chi connectivity index (χ3v) is 5.35. The highest BCUT2D eigenvalue weighted by Crippen LogP contribution is 2.27. The Hall–Kier alpha value is -1.73. The van der Waals surface area contributed by atoms with Crippen LogP contribution in [0.25, 0.3) is 0 Å². The summed E-state index contributed by atoms with van der Waals surface area (Å²) in [7, 11) is 1.59. The Bertz CT molecular complexity index is 593. The lowest BCUT2D eigenvalue weighted by molar-refractivity contribution is -0.130. The monoisotopic (exact) mass is 334 g/mol. The summed E-state index contributed by atoms with van der Waals surface area (Å²) < 4.78 is 0. The van der Waals surface area contributed by atoms with Gasteiger partial charge in [0.05, 0.1) is 6.04 Å². The van der Waals surface area contributed by atoms with Gasteiger partial charge in [-0.2, -0.15) is 5.10 Å². The number of hydrogen-bond acceptors (Lipinski definition) is 5. The zero-order chi connectivity index (χ0) is 16.2. The minimum Gasteiger partial charge on any atom is -0.349 e. The minimum atomic E-state index is -0.162. The molecule has 6 nitrogen and oxygen atoms in total. The van der Waals surface area contributed by atoms with Crippen LogP contribution in [0, 0.1) is 0 Å². The number of thiophene rings is 1. The van der Waals surface area contributed by atoms with Crippen LogP contribution >= 0.6 is 11.3 Å². The second kappa shape index (κ2) is 7.23. The predicted octanol–water partition coefficient (Wildman–Crippen LogP) is 1.61. The predicted molar refractivity (Wildman–Crippen MR) is 90.3 cm³/mol. The Balaban J connectivity index is 1.63. The van der Waals surface area contributed by atoms with Gasteiger partial charge in [-0.1, -0.05) is 6.07 Å². The van der Waals surface area contributed by atoms with Crippen molar-refractivity contribution < 1.29 is 9.59 Å². The van der Waals surface area contributed by atoms with Crippen LogP contribution in [-0.4, -0.2) is 54.1 Å². The first kappa shape index (κ1) is 16.1. The highest BCUT2D eigenvalue weighted by molar-refractivity contribution is 7.10. The number of rotatable bonds is 5. The molecule has 1 N–H and O–H groups in total. The fourth-order valence-corrected chi connectivity index (χ4v) is 3.93. The molecule has 0 aromatic carbocycles. The zero-order valence-electron chi connectivity index (χ0n) is 13.3. The summed E-state index contributed by atoms with van der Waals surface area (Å²) in [5.74, 6) is -0.208. The zero-order valence-corrected chi connectivity index (χ0v) is 14.1. The molecule has 2 aliphatic heterocycles. The summed E-state index contributed by atoms with van der Waals surface area (Å²) in [4.78, 5) is 27.5. The molecule has 0 radical (unpaired) electrons. The lowest BCUT2D eigenvalue weighted by Gasteiger charge is -2.27. The van der Waals surface area contributed by atoms with Crippen molar-refractivity contribution in [1.29, 1.82) is 0 Å². The third kappa shape index (κ3) is 3.79. The Morgan fingerprint density at radius 3 is 2.83 bits per heavy atom. The van der Waals surface area contributed by atoms with Crippen LogP contribution in [0.4, 0.5) is 0 Å². The molecule has 1 unspecified atom stereocenters. The van der Waals surface area contributed by atoms with E-state index in [4.69, 9.17) is 0 Å². The summed E-state index contributed by atoms with van der Waals surface area (Å²) in [6.07, 6.45) is 3.20. The van der Waals surface area contributed by atoms with Gasteiger partial charge in [-0.3, -0.25) is 14.5 Å². The molecule has 2 aliphatic rings. The number of likely N-dealkylation sites (tertiary alicyclic amines) is 1. The number of nitrogens with one attached hydrogen (secondary N) is 1. The molecule has 0 aliphatic carbocycles. The number of amides is 2. The van der Waals surface area contributed by atoms with Crippen LogP contribution in [0.2, 0.25) is 0 Å². The quantitative estimate of drug-likeness (QED) is 0.890. The molecule has 0 bridgehead atoms. The van der Waals surface area contributed by atoms with E-state index in [-0.39, 0.29) is 17.9 Å². The van der Waals surface area contributed by atoms with Gasteiger partial charge < -0.3 is 5.32 Å². The second-order valence-electron chi connectivity index (χ2n) is 5.95. The molecule has 1 aromatic rings. The maximum Gasteiger partial charge on any atom is 0.267 e. The van der Waals surface area contributed by atoms with Crippen LogP contribution in [0.5, 0.6) is 0 Å². The van der Waals surface area contributed by atoms with Gasteiger partial charge in [-0.15, -0.1) is 11.3 Å². The fourth-order valence-electron chi connectivity index (χ4n) is 3.07. The van der Waals surface area contributed by atoms with Crippen molar-refractivity contribution in [2.45, 2.75) is 31.7 Å². The number of hydrogen-bond donors (Lipinski definition) is 1. The maximum atomic E-state index is 12.3. The molecule has 3 heterocycles. The molecule has 0 saturated carbocycles. The van der Waals surface area contributed by atoms with E-state index in [0.717, 1.165) is 13.1 Å². The first-order valence-electron chi connectivity index (χ1n) is 8.05. The van der Waals surface area contributed by atoms with Gasteiger partial charge in [0, 0.05) is 31.3 Å². The van der Waals surface area contributed by atoms with Crippen LogP contribution < -0.4 is 5.32 Å². The average Bonchev–Trinajstić information content (AvgIpc) is 3.24. The molecule has 2 amide bonds. The van der Waals surface area contributed by atoms with E-state index in [0.29, 0.717) is 25.1 Å². The van der Waals surface area contributed by atoms with E-state index in [2.05, 4.69) is 32.8 Å². The Labute approximate surface area is 140 Å². The number of carbonyl (C=O) groups is 2. The molecule has 1 aromatic heterocycles. The number of hydrazone groups is 1. The lowest BCUT2D eigenvalue weighted by Crippen LogP contribution is -2.41. The van der Waals surface area contributed by atoms with Crippen LogP contribution in [-0.2, 0) is 9.59 Å². The first-order chi connectivity index (χ1) is 11.1. The third-order valence-electron chi connectivity index (χ3n) is 4.38. The summed E-state index contributed by atoms with van der Waals surface area (Å²) >= 11 is 1.73. The van der Waals surface area contributed by atoms with Crippen molar-refractivity contribution in [2.24, 2.45) is 5.10 Å². The molecule has 1 saturated heterocycles. The summed E-state index contributed by atoms with van der Waals surface area (Å²) in [5, 5.41) is 10.4. The highest BCUT2D eigenvalue weighted by Gasteiger charge is 2.26. The van der Waals surface area contributed by atoms with Gasteiger partial charge in [-0.05, 0) is 37.4 Å². The Morgan fingerprint density at radius 1 is 1.39 bits per heavy atom. The van der Waals surface area contributed by atoms with E-state index in [1.807, 2.05) is 0 Å². The van der Waals surface area contributed by atoms with E-state index in [1.54, 1.807) is 18.4 Å². The van der Waals surface area contributed by atoms with E-state index < -0.39 is 0 Å². The molecule has 7 heteroatoms. The van der Waals surface area contributed by atoms with Gasteiger partial charge >= 0.3 is 0 Å². The maximum absolute atomic E-state index is 12.3. The standard InChI is InChI=1S/C16H22N4O2S/c1-19-15(21)7-6-12(18-19)16(22)17-11-13(14-5-4-10-23-14)20-8-2-3-9-20/h4-5,10,13H,2-3,6-9,11H2,1H3,(H,17,22). The topological polar surface area (TPSA) is 65.0 Å². The van der Waals surface area contributed by atoms with Gasteiger partial charge in [0.1, 0.15) is 5.71 Å². The van der Waals surface area contributed by atoms with Crippen LogP contribution in [0.1, 0.15) is 36.6 Å². The molecule has 1 atom stereocenters. The second-order valence-corrected chi connectivity index (χ2v) is 6.93. The molecule has 23 heavy (non-hydrogen) atoms. The summed E-state index contributed by atoms with van der Waals surface area (Å²) in [6.45, 7) is 2.74. The normalized spacial score (nSPS) is 20.5. The van der Waals surface area contributed by atoms with E-state index >= 15 is 0 Å². The molecule has 1 fully saturated rings. The van der Waals surface area contributed by atoms with Gasteiger partial charge in [0.15, 0.2) is 0 Å². The lowest BCUT2D eigenvalue weighted by atomic mass is 10.1. The van der Waals surface area contributed by atoms with Crippen molar-refractivity contribution in [1.82, 2.24) is 15.2 Å². The van der Waals surface area contributed by atoms with E-state index in [1.165, 1.54) is 22.7 Å². The fraction of sp³-hybridized carbons (Fsp3) is 0.562. The smallest absolute Gasteiger partial charge is 0.267 e. The summed E-state index contributed by atoms with van der Waals surface area (Å²) in [6, 6.07) is 4.41. The van der Waals surface area contributed by atoms with Crippen molar-refractivity contribution in [3.63, 3.8) is 0 Å². The van der Waals surface area contributed by atoms with Crippen LogP contribution in [0.3, 0.4) is 0 Å². The molecule has 3 rings (SSSR count). The van der Waals surface area contributed by atoms with Crippen molar-refractivity contribution in [2.75, 3.05) is 26.7 Å². The minimum absolute atomic E-state index is 0.0462. The molecular weight excluding hydrogens is 312 g/mol. The van der Waals surface area contributed by atoms with Gasteiger partial charge in [0.25, 0.3) is 5.91 Å². The average molecular weight is 334 g/mol. The van der Waals surface area contributed by atoms with Gasteiger partial charge in [0.2, 0.25) is 5.91 Å². The van der Waals surface area contributed by atoms with Crippen molar-refractivity contribution in [3.05, 3.63) is 22.4 Å². The summed E-state index contributed by atoms with van der Waals surface area (Å²) in [5.41, 5.74) is 0.443. The first-order valence-corrected chi connectivity index (χ1v) is 8.93. The number of carbonyl (C=O) groups excluding carboxylic acids is 2. The molecule has 124 valence electrons. The van der Waals surface area contributed by atoms with Crippen LogP contribution in [0.15, 0.2) is 22.6 Å². The molecule has 0 spiro atoms.